The van der Waals surface area contributed by atoms with E-state index in [9.17, 15) is 18.0 Å². The van der Waals surface area contributed by atoms with Gasteiger partial charge < -0.3 is 10.2 Å². The van der Waals surface area contributed by atoms with Crippen molar-refractivity contribution in [1.82, 2.24) is 14.5 Å². The molecule has 1 saturated carbocycles. The fourth-order valence-electron chi connectivity index (χ4n) is 4.00. The van der Waals surface area contributed by atoms with Gasteiger partial charge in [-0.25, -0.2) is 8.42 Å². The lowest BCUT2D eigenvalue weighted by Gasteiger charge is -2.33. The van der Waals surface area contributed by atoms with Crippen molar-refractivity contribution < 1.29 is 18.0 Å². The van der Waals surface area contributed by atoms with Crippen LogP contribution < -0.4 is 5.32 Å². The summed E-state index contributed by atoms with van der Waals surface area (Å²) < 4.78 is 27.2. The van der Waals surface area contributed by atoms with Crippen LogP contribution in [0.4, 0.5) is 0 Å². The molecule has 0 aromatic heterocycles. The van der Waals surface area contributed by atoms with Crippen molar-refractivity contribution in [2.24, 2.45) is 11.8 Å². The number of aryl methyl sites for hydroxylation is 1. The van der Waals surface area contributed by atoms with Crippen LogP contribution in [0.2, 0.25) is 0 Å². The molecule has 2 amide bonds. The third-order valence-corrected chi connectivity index (χ3v) is 9.12. The molecule has 2 heterocycles. The van der Waals surface area contributed by atoms with Gasteiger partial charge in [-0.05, 0) is 50.7 Å². The highest BCUT2D eigenvalue weighted by atomic mass is 32.2. The molecule has 0 unspecified atom stereocenters. The second kappa shape index (κ2) is 8.88. The molecule has 30 heavy (non-hydrogen) atoms. The van der Waals surface area contributed by atoms with Crippen molar-refractivity contribution >= 4 is 33.6 Å². The first kappa shape index (κ1) is 21.6. The number of amides is 2. The van der Waals surface area contributed by atoms with Crippen molar-refractivity contribution in [2.45, 2.75) is 43.5 Å². The molecule has 1 aromatic carbocycles. The first-order valence-electron chi connectivity index (χ1n) is 10.6. The molecular weight excluding hydrogens is 422 g/mol. The van der Waals surface area contributed by atoms with E-state index in [1.807, 2.05) is 6.92 Å². The van der Waals surface area contributed by atoms with Gasteiger partial charge in [0.2, 0.25) is 21.8 Å². The Morgan fingerprint density at radius 1 is 1.10 bits per heavy atom. The van der Waals surface area contributed by atoms with Gasteiger partial charge in [-0.2, -0.15) is 4.31 Å². The summed E-state index contributed by atoms with van der Waals surface area (Å²) >= 11 is 1.60. The maximum atomic E-state index is 13.1. The van der Waals surface area contributed by atoms with Crippen LogP contribution in [-0.2, 0) is 19.6 Å². The summed E-state index contributed by atoms with van der Waals surface area (Å²) in [6.45, 7) is 3.28. The van der Waals surface area contributed by atoms with Gasteiger partial charge in [-0.3, -0.25) is 9.59 Å². The molecule has 0 radical (unpaired) electrons. The van der Waals surface area contributed by atoms with Crippen molar-refractivity contribution in [3.05, 3.63) is 29.8 Å². The topological polar surface area (TPSA) is 86.8 Å². The Morgan fingerprint density at radius 2 is 1.77 bits per heavy atom. The van der Waals surface area contributed by atoms with Crippen molar-refractivity contribution in [1.29, 1.82) is 0 Å². The number of rotatable bonds is 6. The van der Waals surface area contributed by atoms with E-state index in [1.54, 1.807) is 40.9 Å². The SMILES string of the molecule is Cc1ccc(S(=O)(=O)N2CCC(C(=O)N3CSC[C@H]3C(=O)NCC3CC3)CC2)cc1. The second-order valence-corrected chi connectivity index (χ2v) is 11.4. The summed E-state index contributed by atoms with van der Waals surface area (Å²) in [5, 5.41) is 2.99. The van der Waals surface area contributed by atoms with Crippen molar-refractivity contribution in [2.75, 3.05) is 31.3 Å². The Bertz CT molecular complexity index is 891. The fourth-order valence-corrected chi connectivity index (χ4v) is 6.63. The summed E-state index contributed by atoms with van der Waals surface area (Å²) in [6.07, 6.45) is 3.32. The highest BCUT2D eigenvalue weighted by Gasteiger charge is 2.40. The number of benzene rings is 1. The molecular formula is C21H29N3O4S2. The van der Waals surface area contributed by atoms with Crippen molar-refractivity contribution in [3.63, 3.8) is 0 Å². The first-order chi connectivity index (χ1) is 14.4. The molecule has 3 fully saturated rings. The molecule has 2 saturated heterocycles. The van der Waals surface area contributed by atoms with Gasteiger partial charge in [0.15, 0.2) is 0 Å². The quantitative estimate of drug-likeness (QED) is 0.713. The first-order valence-corrected chi connectivity index (χ1v) is 13.2. The maximum absolute atomic E-state index is 13.1. The molecule has 7 nitrogen and oxygen atoms in total. The van der Waals surface area contributed by atoms with E-state index in [1.165, 1.54) is 17.1 Å². The zero-order valence-electron chi connectivity index (χ0n) is 17.2. The molecule has 164 valence electrons. The fraction of sp³-hybridized carbons (Fsp3) is 0.619. The lowest BCUT2D eigenvalue weighted by atomic mass is 9.96. The Kier molecular flexibility index (Phi) is 6.41. The highest BCUT2D eigenvalue weighted by Crippen LogP contribution is 2.30. The minimum absolute atomic E-state index is 0.0149. The van der Waals surface area contributed by atoms with Crippen LogP contribution in [0.1, 0.15) is 31.2 Å². The molecule has 9 heteroatoms. The predicted octanol–water partition coefficient (Wildman–Crippen LogP) is 1.82. The van der Waals surface area contributed by atoms with E-state index in [4.69, 9.17) is 0 Å². The number of carbonyl (C=O) groups excluding carboxylic acids is 2. The summed E-state index contributed by atoms with van der Waals surface area (Å²) in [5.41, 5.74) is 1.01. The second-order valence-electron chi connectivity index (χ2n) is 8.50. The maximum Gasteiger partial charge on any atom is 0.243 e. The standard InChI is InChI=1S/C21H29N3O4S2/c1-15-2-6-18(7-3-15)30(27,28)23-10-8-17(9-11-23)21(26)24-14-29-13-19(24)20(25)22-12-16-4-5-16/h2-3,6-7,16-17,19H,4-5,8-14H2,1H3,(H,22,25)/t19-/m0/s1. The molecule has 1 N–H and O–H groups in total. The third kappa shape index (κ3) is 4.68. The highest BCUT2D eigenvalue weighted by molar-refractivity contribution is 7.99. The zero-order valence-corrected chi connectivity index (χ0v) is 18.9. The molecule has 1 aromatic rings. The third-order valence-electron chi connectivity index (χ3n) is 6.19. The number of hydrogen-bond donors (Lipinski definition) is 1. The van der Waals surface area contributed by atoms with Crippen LogP contribution in [0.3, 0.4) is 0 Å². The van der Waals surface area contributed by atoms with Gasteiger partial charge in [-0.15, -0.1) is 11.8 Å². The van der Waals surface area contributed by atoms with Gasteiger partial charge >= 0.3 is 0 Å². The summed E-state index contributed by atoms with van der Waals surface area (Å²) in [6, 6.07) is 6.45. The number of carbonyl (C=O) groups is 2. The van der Waals surface area contributed by atoms with E-state index >= 15 is 0 Å². The Balaban J connectivity index is 1.34. The Hall–Kier alpha value is -1.58. The minimum atomic E-state index is -3.54. The largest absolute Gasteiger partial charge is 0.354 e. The average molecular weight is 452 g/mol. The van der Waals surface area contributed by atoms with E-state index in [-0.39, 0.29) is 17.7 Å². The summed E-state index contributed by atoms with van der Waals surface area (Å²) in [4.78, 5) is 27.6. The number of nitrogens with one attached hydrogen (secondary N) is 1. The molecule has 3 aliphatic rings. The number of thioether (sulfide) groups is 1. The average Bonchev–Trinajstić information content (AvgIpc) is 3.45. The molecule has 1 atom stereocenters. The van der Waals surface area contributed by atoms with Crippen LogP contribution in [0.15, 0.2) is 29.2 Å². The van der Waals surface area contributed by atoms with E-state index in [2.05, 4.69) is 5.32 Å². The lowest BCUT2D eigenvalue weighted by Crippen LogP contribution is -2.51. The number of piperidine rings is 1. The monoisotopic (exact) mass is 451 g/mol. The normalized spacial score (nSPS) is 23.5. The summed E-state index contributed by atoms with van der Waals surface area (Å²) in [7, 11) is -3.54. The minimum Gasteiger partial charge on any atom is -0.354 e. The van der Waals surface area contributed by atoms with E-state index in [0.29, 0.717) is 54.9 Å². The van der Waals surface area contributed by atoms with Crippen LogP contribution in [0.5, 0.6) is 0 Å². The number of hydrogen-bond acceptors (Lipinski definition) is 5. The number of nitrogens with zero attached hydrogens (tertiary/aromatic N) is 2. The molecule has 4 rings (SSSR count). The summed E-state index contributed by atoms with van der Waals surface area (Å²) in [5.74, 6) is 1.46. The van der Waals surface area contributed by atoms with Gasteiger partial charge in [-0.1, -0.05) is 17.7 Å². The molecule has 1 aliphatic carbocycles. The van der Waals surface area contributed by atoms with Crippen LogP contribution in [0.25, 0.3) is 0 Å². The van der Waals surface area contributed by atoms with Gasteiger partial charge in [0.05, 0.1) is 10.8 Å². The smallest absolute Gasteiger partial charge is 0.243 e. The molecule has 0 spiro atoms. The van der Waals surface area contributed by atoms with Crippen molar-refractivity contribution in [3.8, 4) is 0 Å². The van der Waals surface area contributed by atoms with Gasteiger partial charge in [0, 0.05) is 31.3 Å². The molecule has 0 bridgehead atoms. The van der Waals surface area contributed by atoms with Crippen LogP contribution in [0, 0.1) is 18.8 Å². The van der Waals surface area contributed by atoms with Gasteiger partial charge in [0.1, 0.15) is 6.04 Å². The predicted molar refractivity (Wildman–Crippen MR) is 116 cm³/mol. The Labute approximate surface area is 182 Å². The zero-order chi connectivity index (χ0) is 21.3. The van der Waals surface area contributed by atoms with Gasteiger partial charge in [0.25, 0.3) is 0 Å². The molecule has 2 aliphatic heterocycles. The Morgan fingerprint density at radius 3 is 2.40 bits per heavy atom. The lowest BCUT2D eigenvalue weighted by molar-refractivity contribution is -0.142. The van der Waals surface area contributed by atoms with Crippen LogP contribution in [-0.4, -0.2) is 66.7 Å². The van der Waals surface area contributed by atoms with E-state index < -0.39 is 16.1 Å². The van der Waals surface area contributed by atoms with Crippen LogP contribution >= 0.6 is 11.8 Å². The number of sulfonamides is 1. The van der Waals surface area contributed by atoms with E-state index in [0.717, 1.165) is 5.56 Å².